The molecule has 2 aromatic carbocycles. The Morgan fingerprint density at radius 1 is 1.15 bits per heavy atom. The SMILES string of the molecule is Cc1ccc(-c2csc(/C(C#N)=C/c3ccc4c(c3)OCO4)n2)c(C)c1. The highest BCUT2D eigenvalue weighted by atomic mass is 32.1. The summed E-state index contributed by atoms with van der Waals surface area (Å²) in [5.41, 5.74) is 5.81. The number of nitrogens with zero attached hydrogens (tertiary/aromatic N) is 2. The highest BCUT2D eigenvalue weighted by molar-refractivity contribution is 7.11. The smallest absolute Gasteiger partial charge is 0.231 e. The van der Waals surface area contributed by atoms with E-state index in [2.05, 4.69) is 43.1 Å². The van der Waals surface area contributed by atoms with Crippen molar-refractivity contribution in [2.45, 2.75) is 13.8 Å². The maximum absolute atomic E-state index is 9.60. The first-order valence-electron chi connectivity index (χ1n) is 8.19. The topological polar surface area (TPSA) is 55.1 Å². The Morgan fingerprint density at radius 2 is 2.00 bits per heavy atom. The van der Waals surface area contributed by atoms with Gasteiger partial charge in [-0.3, -0.25) is 0 Å². The van der Waals surface area contributed by atoms with Crippen LogP contribution in [0, 0.1) is 25.2 Å². The fourth-order valence-electron chi connectivity index (χ4n) is 2.93. The Labute approximate surface area is 156 Å². The molecular weight excluding hydrogens is 344 g/mol. The largest absolute Gasteiger partial charge is 0.454 e. The molecule has 0 spiro atoms. The van der Waals surface area contributed by atoms with Crippen molar-refractivity contribution >= 4 is 23.0 Å². The molecule has 0 N–H and O–H groups in total. The number of ether oxygens (including phenoxy) is 2. The average Bonchev–Trinajstić information content (AvgIpc) is 3.28. The first-order chi connectivity index (χ1) is 12.6. The van der Waals surface area contributed by atoms with Gasteiger partial charge in [0.2, 0.25) is 6.79 Å². The van der Waals surface area contributed by atoms with E-state index in [-0.39, 0.29) is 6.79 Å². The van der Waals surface area contributed by atoms with Gasteiger partial charge < -0.3 is 9.47 Å². The van der Waals surface area contributed by atoms with Crippen molar-refractivity contribution < 1.29 is 9.47 Å². The summed E-state index contributed by atoms with van der Waals surface area (Å²) >= 11 is 1.48. The van der Waals surface area contributed by atoms with Crippen LogP contribution in [-0.2, 0) is 0 Å². The predicted octanol–water partition coefficient (Wildman–Crippen LogP) is 5.22. The minimum Gasteiger partial charge on any atom is -0.454 e. The molecule has 0 aliphatic carbocycles. The van der Waals surface area contributed by atoms with Gasteiger partial charge in [-0.25, -0.2) is 4.98 Å². The number of allylic oxidation sites excluding steroid dienone is 1. The monoisotopic (exact) mass is 360 g/mol. The van der Waals surface area contributed by atoms with Crippen LogP contribution >= 0.6 is 11.3 Å². The molecular formula is C21H16N2O2S. The van der Waals surface area contributed by atoms with Gasteiger partial charge in [-0.05, 0) is 43.2 Å². The third-order valence-electron chi connectivity index (χ3n) is 4.22. The number of aryl methyl sites for hydroxylation is 2. The second kappa shape index (κ2) is 6.66. The summed E-state index contributed by atoms with van der Waals surface area (Å²) < 4.78 is 10.7. The van der Waals surface area contributed by atoms with Crippen molar-refractivity contribution in [2.24, 2.45) is 0 Å². The molecule has 26 heavy (non-hydrogen) atoms. The molecule has 1 aromatic heterocycles. The Balaban J connectivity index is 1.68. The molecule has 3 aromatic rings. The van der Waals surface area contributed by atoms with Crippen LogP contribution in [0.15, 0.2) is 41.8 Å². The van der Waals surface area contributed by atoms with Gasteiger partial charge in [0.05, 0.1) is 11.3 Å². The molecule has 0 unspecified atom stereocenters. The number of nitriles is 1. The number of hydrogen-bond acceptors (Lipinski definition) is 5. The minimum absolute atomic E-state index is 0.235. The lowest BCUT2D eigenvalue weighted by molar-refractivity contribution is 0.174. The number of aromatic nitrogens is 1. The van der Waals surface area contributed by atoms with Gasteiger partial charge in [0.15, 0.2) is 11.5 Å². The number of rotatable bonds is 3. The van der Waals surface area contributed by atoms with E-state index in [0.29, 0.717) is 16.3 Å². The number of benzene rings is 2. The van der Waals surface area contributed by atoms with Crippen molar-refractivity contribution in [1.82, 2.24) is 4.98 Å². The van der Waals surface area contributed by atoms with Crippen molar-refractivity contribution in [3.05, 3.63) is 63.5 Å². The normalized spacial score (nSPS) is 12.9. The van der Waals surface area contributed by atoms with Crippen LogP contribution in [0.3, 0.4) is 0 Å². The molecule has 0 bridgehead atoms. The van der Waals surface area contributed by atoms with Gasteiger partial charge in [-0.2, -0.15) is 5.26 Å². The summed E-state index contributed by atoms with van der Waals surface area (Å²) in [5, 5.41) is 12.3. The fraction of sp³-hybridized carbons (Fsp3) is 0.143. The molecule has 0 saturated heterocycles. The first-order valence-corrected chi connectivity index (χ1v) is 9.07. The van der Waals surface area contributed by atoms with Gasteiger partial charge in [-0.1, -0.05) is 29.8 Å². The molecule has 4 nitrogen and oxygen atoms in total. The van der Waals surface area contributed by atoms with E-state index in [1.807, 2.05) is 29.7 Å². The summed E-state index contributed by atoms with van der Waals surface area (Å²) in [4.78, 5) is 4.68. The Kier molecular flexibility index (Phi) is 4.19. The summed E-state index contributed by atoms with van der Waals surface area (Å²) in [5.74, 6) is 1.43. The third-order valence-corrected chi connectivity index (χ3v) is 5.10. The van der Waals surface area contributed by atoms with Gasteiger partial charge in [0.1, 0.15) is 11.1 Å². The van der Waals surface area contributed by atoms with E-state index in [1.54, 1.807) is 0 Å². The standard InChI is InChI=1S/C21H16N2O2S/c1-13-3-5-17(14(2)7-13)18-11-26-21(23-18)16(10-22)8-15-4-6-19-20(9-15)25-12-24-19/h3-9,11H,12H2,1-2H3/b16-8+. The maximum Gasteiger partial charge on any atom is 0.231 e. The number of hydrogen-bond donors (Lipinski definition) is 0. The minimum atomic E-state index is 0.235. The molecule has 0 radical (unpaired) electrons. The average molecular weight is 360 g/mol. The molecule has 0 atom stereocenters. The van der Waals surface area contributed by atoms with Crippen LogP contribution in [0.2, 0.25) is 0 Å². The quantitative estimate of drug-likeness (QED) is 0.601. The van der Waals surface area contributed by atoms with Crippen molar-refractivity contribution in [2.75, 3.05) is 6.79 Å². The molecule has 1 aliphatic rings. The second-order valence-electron chi connectivity index (χ2n) is 6.14. The molecule has 1 aliphatic heterocycles. The van der Waals surface area contributed by atoms with Crippen molar-refractivity contribution in [3.63, 3.8) is 0 Å². The number of fused-ring (bicyclic) bond motifs is 1. The second-order valence-corrected chi connectivity index (χ2v) is 7.00. The van der Waals surface area contributed by atoms with E-state index >= 15 is 0 Å². The third kappa shape index (κ3) is 3.07. The van der Waals surface area contributed by atoms with Crippen molar-refractivity contribution in [3.8, 4) is 28.8 Å². The van der Waals surface area contributed by atoms with Gasteiger partial charge in [0.25, 0.3) is 0 Å². The molecule has 2 heterocycles. The lowest BCUT2D eigenvalue weighted by atomic mass is 10.0. The molecule has 4 rings (SSSR count). The van der Waals surface area contributed by atoms with Crippen LogP contribution < -0.4 is 9.47 Å². The summed E-state index contributed by atoms with van der Waals surface area (Å²) in [6.07, 6.45) is 1.83. The zero-order chi connectivity index (χ0) is 18.1. The molecule has 0 saturated carbocycles. The Morgan fingerprint density at radius 3 is 2.81 bits per heavy atom. The van der Waals surface area contributed by atoms with E-state index in [1.165, 1.54) is 22.5 Å². The zero-order valence-corrected chi connectivity index (χ0v) is 15.3. The Hall–Kier alpha value is -3.10. The van der Waals surface area contributed by atoms with E-state index < -0.39 is 0 Å². The molecule has 5 heteroatoms. The van der Waals surface area contributed by atoms with Gasteiger partial charge >= 0.3 is 0 Å². The number of thiazole rings is 1. The maximum atomic E-state index is 9.60. The first kappa shape index (κ1) is 16.4. The summed E-state index contributed by atoms with van der Waals surface area (Å²) in [6.45, 7) is 4.39. The van der Waals surface area contributed by atoms with Crippen LogP contribution in [-0.4, -0.2) is 11.8 Å². The van der Waals surface area contributed by atoms with Crippen molar-refractivity contribution in [1.29, 1.82) is 5.26 Å². The molecule has 0 amide bonds. The van der Waals surface area contributed by atoms with Crippen LogP contribution in [0.1, 0.15) is 21.7 Å². The zero-order valence-electron chi connectivity index (χ0n) is 14.4. The molecule has 128 valence electrons. The Bertz CT molecular complexity index is 1060. The summed E-state index contributed by atoms with van der Waals surface area (Å²) in [6, 6.07) is 14.2. The van der Waals surface area contributed by atoms with Gasteiger partial charge in [-0.15, -0.1) is 11.3 Å². The predicted molar refractivity (Wildman–Crippen MR) is 103 cm³/mol. The van der Waals surface area contributed by atoms with Crippen LogP contribution in [0.25, 0.3) is 22.9 Å². The summed E-state index contributed by atoms with van der Waals surface area (Å²) in [7, 11) is 0. The van der Waals surface area contributed by atoms with Crippen LogP contribution in [0.4, 0.5) is 0 Å². The molecule has 0 fully saturated rings. The highest BCUT2D eigenvalue weighted by Crippen LogP contribution is 2.34. The van der Waals surface area contributed by atoms with Gasteiger partial charge in [0, 0.05) is 10.9 Å². The van der Waals surface area contributed by atoms with E-state index in [9.17, 15) is 5.26 Å². The fourth-order valence-corrected chi connectivity index (χ4v) is 3.72. The van der Waals surface area contributed by atoms with E-state index in [4.69, 9.17) is 9.47 Å². The highest BCUT2D eigenvalue weighted by Gasteiger charge is 2.14. The van der Waals surface area contributed by atoms with E-state index in [0.717, 1.165) is 22.6 Å². The lowest BCUT2D eigenvalue weighted by Gasteiger charge is -2.03. The van der Waals surface area contributed by atoms with Crippen LogP contribution in [0.5, 0.6) is 11.5 Å². The lowest BCUT2D eigenvalue weighted by Crippen LogP contribution is -1.92.